The molecular weight excluding hydrogens is 317 g/mol. The molecule has 2 aromatic carbocycles. The van der Waals surface area contributed by atoms with E-state index in [-0.39, 0.29) is 17.8 Å². The Bertz CT molecular complexity index is 775. The third kappa shape index (κ3) is 2.57. The maximum atomic E-state index is 14.4. The van der Waals surface area contributed by atoms with Gasteiger partial charge in [-0.05, 0) is 25.3 Å². The Morgan fingerprint density at radius 3 is 2.21 bits per heavy atom. The van der Waals surface area contributed by atoms with Gasteiger partial charge in [-0.1, -0.05) is 72.8 Å². The Kier molecular flexibility index (Phi) is 4.17. The third-order valence-corrected chi connectivity index (χ3v) is 8.41. The molecule has 1 fully saturated rings. The van der Waals surface area contributed by atoms with Crippen LogP contribution in [0.2, 0.25) is 0 Å². The summed E-state index contributed by atoms with van der Waals surface area (Å²) in [7, 11) is -2.94. The normalized spacial score (nSPS) is 26.9. The van der Waals surface area contributed by atoms with Crippen molar-refractivity contribution in [2.75, 3.05) is 0 Å². The van der Waals surface area contributed by atoms with Crippen LogP contribution >= 0.6 is 7.29 Å². The Hall–Kier alpha value is -1.67. The van der Waals surface area contributed by atoms with Gasteiger partial charge < -0.3 is 0 Å². The van der Waals surface area contributed by atoms with Gasteiger partial charge in [0.2, 0.25) is 7.29 Å². The van der Waals surface area contributed by atoms with Gasteiger partial charge in [-0.15, -0.1) is 4.83 Å². The van der Waals surface area contributed by atoms with E-state index in [2.05, 4.69) is 31.2 Å². The predicted molar refractivity (Wildman–Crippen MR) is 97.4 cm³/mol. The molecule has 4 heteroatoms. The first kappa shape index (κ1) is 15.8. The summed E-state index contributed by atoms with van der Waals surface area (Å²) in [5.74, 6) is 0. The van der Waals surface area contributed by atoms with E-state index < -0.39 is 7.29 Å². The molecule has 0 N–H and O–H groups in total. The zero-order valence-electron chi connectivity index (χ0n) is 13.8. The average molecular weight is 339 g/mol. The highest BCUT2D eigenvalue weighted by Crippen LogP contribution is 2.63. The lowest BCUT2D eigenvalue weighted by Crippen LogP contribution is -2.45. The summed E-state index contributed by atoms with van der Waals surface area (Å²) < 4.78 is 14.4. The molecular formula is C20H22NO2P. The van der Waals surface area contributed by atoms with E-state index in [0.29, 0.717) is 0 Å². The molecule has 0 radical (unpaired) electrons. The van der Waals surface area contributed by atoms with Crippen LogP contribution in [0.15, 0.2) is 72.8 Å². The predicted octanol–water partition coefficient (Wildman–Crippen LogP) is 4.69. The Morgan fingerprint density at radius 2 is 1.67 bits per heavy atom. The summed E-state index contributed by atoms with van der Waals surface area (Å²) >= 11 is 0. The minimum Gasteiger partial charge on any atom is -0.299 e. The molecule has 1 saturated heterocycles. The SMILES string of the molecule is C[C@@H](c1ccccc1)P(=O)(c1ccccc1)N1O[C@@H]2C=C[C@H]1CC2. The quantitative estimate of drug-likeness (QED) is 0.598. The first-order valence-electron chi connectivity index (χ1n) is 8.54. The van der Waals surface area contributed by atoms with Gasteiger partial charge in [-0.25, -0.2) is 0 Å². The summed E-state index contributed by atoms with van der Waals surface area (Å²) in [5, 5.41) is 0.863. The summed E-state index contributed by atoms with van der Waals surface area (Å²) in [5.41, 5.74) is 0.951. The summed E-state index contributed by atoms with van der Waals surface area (Å²) in [6.45, 7) is 2.05. The summed E-state index contributed by atoms with van der Waals surface area (Å²) in [6, 6.07) is 20.0. The molecule has 24 heavy (non-hydrogen) atoms. The van der Waals surface area contributed by atoms with Gasteiger partial charge in [0.15, 0.2) is 0 Å². The number of hydrogen-bond donors (Lipinski definition) is 0. The molecule has 1 unspecified atom stereocenters. The molecule has 0 spiro atoms. The minimum absolute atomic E-state index is 0.0509. The molecule has 3 aliphatic rings. The first-order chi connectivity index (χ1) is 11.7. The van der Waals surface area contributed by atoms with Gasteiger partial charge in [-0.2, -0.15) is 0 Å². The van der Waals surface area contributed by atoms with Crippen LogP contribution in [0, 0.1) is 0 Å². The number of hydrogen-bond acceptors (Lipinski definition) is 2. The lowest BCUT2D eigenvalue weighted by Gasteiger charge is -2.46. The van der Waals surface area contributed by atoms with E-state index >= 15 is 0 Å². The lowest BCUT2D eigenvalue weighted by atomic mass is 10.00. The number of benzene rings is 2. The standard InChI is InChI=1S/C20H22NO2P/c1-16(17-8-4-2-5-9-17)24(22,20-10-6-3-7-11-20)21-18-12-14-19(23-21)15-13-18/h2-12,14,16,18-19H,13,15H2,1H3/t16-,18-,19+,24?/m0/s1. The van der Waals surface area contributed by atoms with E-state index in [0.717, 1.165) is 23.7 Å². The second-order valence-electron chi connectivity index (χ2n) is 6.52. The van der Waals surface area contributed by atoms with Gasteiger partial charge in [0.1, 0.15) is 0 Å². The Labute approximate surface area is 143 Å². The maximum Gasteiger partial charge on any atom is 0.208 e. The van der Waals surface area contributed by atoms with Gasteiger partial charge in [0, 0.05) is 5.30 Å². The van der Waals surface area contributed by atoms with Crippen LogP contribution in [0.1, 0.15) is 31.0 Å². The molecule has 0 aromatic heterocycles. The average Bonchev–Trinajstić information content (AvgIpc) is 2.69. The number of fused-ring (bicyclic) bond motifs is 2. The monoisotopic (exact) mass is 339 g/mol. The molecule has 0 saturated carbocycles. The molecule has 3 nitrogen and oxygen atoms in total. The molecule has 2 aromatic rings. The van der Waals surface area contributed by atoms with E-state index in [4.69, 9.17) is 4.84 Å². The third-order valence-electron chi connectivity index (χ3n) is 5.05. The Balaban J connectivity index is 1.82. The van der Waals surface area contributed by atoms with Crippen LogP contribution in [-0.4, -0.2) is 17.0 Å². The highest BCUT2D eigenvalue weighted by Gasteiger charge is 2.47. The second-order valence-corrected chi connectivity index (χ2v) is 9.45. The van der Waals surface area contributed by atoms with Gasteiger partial charge in [-0.3, -0.25) is 9.40 Å². The fraction of sp³-hybridized carbons (Fsp3) is 0.300. The first-order valence-corrected chi connectivity index (χ1v) is 10.3. The van der Waals surface area contributed by atoms with Gasteiger partial charge in [0.05, 0.1) is 17.8 Å². The van der Waals surface area contributed by atoms with E-state index in [1.807, 2.05) is 53.4 Å². The van der Waals surface area contributed by atoms with Crippen molar-refractivity contribution in [1.82, 2.24) is 4.83 Å². The zero-order valence-corrected chi connectivity index (χ0v) is 14.7. The summed E-state index contributed by atoms with van der Waals surface area (Å²) in [4.78, 5) is 7.96. The number of rotatable bonds is 4. The van der Waals surface area contributed by atoms with E-state index in [1.165, 1.54) is 0 Å². The van der Waals surface area contributed by atoms with Crippen molar-refractivity contribution in [3.63, 3.8) is 0 Å². The highest BCUT2D eigenvalue weighted by molar-refractivity contribution is 7.69. The van der Waals surface area contributed by atoms with Crippen molar-refractivity contribution in [3.8, 4) is 0 Å². The van der Waals surface area contributed by atoms with E-state index in [1.54, 1.807) is 0 Å². The van der Waals surface area contributed by atoms with Crippen LogP contribution in [0.4, 0.5) is 0 Å². The van der Waals surface area contributed by atoms with Crippen molar-refractivity contribution in [2.45, 2.75) is 37.6 Å². The molecule has 124 valence electrons. The molecule has 4 atom stereocenters. The van der Waals surface area contributed by atoms with Crippen LogP contribution in [0.3, 0.4) is 0 Å². The van der Waals surface area contributed by atoms with Crippen LogP contribution in [-0.2, 0) is 9.40 Å². The van der Waals surface area contributed by atoms with Gasteiger partial charge in [0.25, 0.3) is 0 Å². The molecule has 5 rings (SSSR count). The second kappa shape index (κ2) is 6.33. The molecule has 2 bridgehead atoms. The number of hydroxylamine groups is 1. The minimum atomic E-state index is -2.94. The largest absolute Gasteiger partial charge is 0.299 e. The number of nitrogens with zero attached hydrogens (tertiary/aromatic N) is 1. The highest BCUT2D eigenvalue weighted by atomic mass is 31.2. The topological polar surface area (TPSA) is 29.5 Å². The lowest BCUT2D eigenvalue weighted by molar-refractivity contribution is -0.171. The van der Waals surface area contributed by atoms with Crippen molar-refractivity contribution < 1.29 is 9.40 Å². The molecule has 1 aliphatic carbocycles. The zero-order chi connectivity index (χ0) is 16.6. The molecule has 0 amide bonds. The molecule has 2 aliphatic heterocycles. The van der Waals surface area contributed by atoms with Crippen LogP contribution in [0.5, 0.6) is 0 Å². The smallest absolute Gasteiger partial charge is 0.208 e. The maximum absolute atomic E-state index is 14.4. The van der Waals surface area contributed by atoms with Crippen molar-refractivity contribution in [1.29, 1.82) is 0 Å². The Morgan fingerprint density at radius 1 is 1.00 bits per heavy atom. The molecule has 2 heterocycles. The fourth-order valence-electron chi connectivity index (χ4n) is 3.64. The fourth-order valence-corrected chi connectivity index (χ4v) is 6.73. The van der Waals surface area contributed by atoms with Crippen LogP contribution in [0.25, 0.3) is 0 Å². The van der Waals surface area contributed by atoms with Crippen molar-refractivity contribution in [2.24, 2.45) is 0 Å². The van der Waals surface area contributed by atoms with Crippen molar-refractivity contribution in [3.05, 3.63) is 78.4 Å². The van der Waals surface area contributed by atoms with E-state index in [9.17, 15) is 4.57 Å². The summed E-state index contributed by atoms with van der Waals surface area (Å²) in [6.07, 6.45) is 6.32. The van der Waals surface area contributed by atoms with Gasteiger partial charge >= 0.3 is 0 Å². The van der Waals surface area contributed by atoms with Crippen molar-refractivity contribution >= 4 is 12.6 Å². The van der Waals surface area contributed by atoms with Crippen LogP contribution < -0.4 is 5.30 Å².